The molecular weight excluding hydrogens is 132 g/mol. The quantitative estimate of drug-likeness (QED) is 0.467. The van der Waals surface area contributed by atoms with Gasteiger partial charge in [-0.3, -0.25) is 0 Å². The molecule has 0 aromatic heterocycles. The Kier molecular flexibility index (Phi) is 1.84. The van der Waals surface area contributed by atoms with Crippen molar-refractivity contribution < 1.29 is 0 Å². The Bertz CT molecular complexity index is 264. The van der Waals surface area contributed by atoms with Crippen LogP contribution in [0.3, 0.4) is 0 Å². The third-order valence-electron chi connectivity index (χ3n) is 1.06. The van der Waals surface area contributed by atoms with E-state index in [1.807, 2.05) is 24.3 Å². The Labute approximate surface area is 59.1 Å². The lowest BCUT2D eigenvalue weighted by Gasteiger charge is -1.71. The molecule has 1 aromatic rings. The molecule has 1 rings (SSSR count). The molecule has 0 N–H and O–H groups in total. The van der Waals surface area contributed by atoms with Gasteiger partial charge < -0.3 is 0 Å². The number of rotatable bonds is 0. The van der Waals surface area contributed by atoms with E-state index < -0.39 is 0 Å². The molecule has 0 fully saturated rings. The van der Waals surface area contributed by atoms with E-state index in [-0.39, 0.29) is 0 Å². The molecule has 0 unspecified atom stereocenters. The monoisotopic (exact) mass is 137 g/mol. The van der Waals surface area contributed by atoms with Crippen molar-refractivity contribution in [1.29, 1.82) is 0 Å². The minimum absolute atomic E-state index is 0.893. The van der Waals surface area contributed by atoms with E-state index in [9.17, 15) is 0 Å². The van der Waals surface area contributed by atoms with Crippen LogP contribution in [0.4, 0.5) is 0 Å². The molecule has 0 aliphatic rings. The van der Waals surface area contributed by atoms with Crippen molar-refractivity contribution in [2.45, 2.75) is 0 Å². The standard InChI is InChI=1S/C8H6Cl/c1-7-2-4-8(6-9)5-3-7/h2-5H,1H2/q+1. The van der Waals surface area contributed by atoms with E-state index in [1.54, 1.807) is 0 Å². The maximum absolute atomic E-state index is 5.31. The van der Waals surface area contributed by atoms with Crippen LogP contribution in [0.2, 0.25) is 0 Å². The predicted octanol–water partition coefficient (Wildman–Crippen LogP) is 0.951. The second-order valence-electron chi connectivity index (χ2n) is 1.79. The SMILES string of the molecule is C=c1ccc(=[C+]Cl)cc1. The lowest BCUT2D eigenvalue weighted by Crippen LogP contribution is -2.03. The molecule has 0 radical (unpaired) electrons. The van der Waals surface area contributed by atoms with Gasteiger partial charge in [0.2, 0.25) is 5.22 Å². The van der Waals surface area contributed by atoms with Crippen molar-refractivity contribution in [2.75, 3.05) is 0 Å². The maximum atomic E-state index is 5.31. The Morgan fingerprint density at radius 2 is 1.78 bits per heavy atom. The molecule has 0 nitrogen and oxygen atoms in total. The summed E-state index contributed by atoms with van der Waals surface area (Å²) in [5.74, 6) is 0. The molecule has 0 aliphatic heterocycles. The molecule has 44 valence electrons. The van der Waals surface area contributed by atoms with Gasteiger partial charge in [-0.2, -0.15) is 0 Å². The minimum Gasteiger partial charge on any atom is -0.0894 e. The number of halogens is 1. The van der Waals surface area contributed by atoms with Crippen LogP contribution in [0.25, 0.3) is 12.1 Å². The lowest BCUT2D eigenvalue weighted by molar-refractivity contribution is 1.57. The first kappa shape index (κ1) is 6.28. The van der Waals surface area contributed by atoms with Crippen LogP contribution >= 0.6 is 11.6 Å². The second-order valence-corrected chi connectivity index (χ2v) is 1.98. The van der Waals surface area contributed by atoms with Crippen LogP contribution in [0, 0.1) is 0 Å². The van der Waals surface area contributed by atoms with Gasteiger partial charge in [-0.15, -0.1) is 0 Å². The summed E-state index contributed by atoms with van der Waals surface area (Å²) >= 11 is 5.31. The zero-order chi connectivity index (χ0) is 6.69. The van der Waals surface area contributed by atoms with Crippen LogP contribution < -0.4 is 10.4 Å². The highest BCUT2D eigenvalue weighted by Gasteiger charge is 1.84. The zero-order valence-corrected chi connectivity index (χ0v) is 5.65. The summed E-state index contributed by atoms with van der Waals surface area (Å²) in [6, 6.07) is 7.53. The first-order valence-corrected chi connectivity index (χ1v) is 2.99. The fraction of sp³-hybridized carbons (Fsp3) is 0. The molecule has 9 heavy (non-hydrogen) atoms. The van der Waals surface area contributed by atoms with Crippen LogP contribution in [0.15, 0.2) is 24.3 Å². The van der Waals surface area contributed by atoms with Crippen LogP contribution in [-0.4, -0.2) is 0 Å². The molecule has 0 bridgehead atoms. The average molecular weight is 138 g/mol. The van der Waals surface area contributed by atoms with Gasteiger partial charge >= 0.3 is 0 Å². The number of hydrogen-bond donors (Lipinski definition) is 0. The minimum atomic E-state index is 0.893. The van der Waals surface area contributed by atoms with Crippen LogP contribution in [0.1, 0.15) is 0 Å². The van der Waals surface area contributed by atoms with E-state index in [1.165, 1.54) is 0 Å². The molecule has 0 spiro atoms. The first-order chi connectivity index (χ1) is 4.33. The molecule has 0 amide bonds. The smallest absolute Gasteiger partial charge is 0.0894 e. The topological polar surface area (TPSA) is 0 Å². The van der Waals surface area contributed by atoms with Gasteiger partial charge in [0, 0.05) is 12.1 Å². The van der Waals surface area contributed by atoms with Crippen molar-refractivity contribution in [3.05, 3.63) is 34.7 Å². The number of benzene rings is 1. The molecular formula is C8H6Cl+. The van der Waals surface area contributed by atoms with Crippen molar-refractivity contribution in [3.8, 4) is 0 Å². The van der Waals surface area contributed by atoms with Gasteiger partial charge in [0.15, 0.2) is 0 Å². The van der Waals surface area contributed by atoms with Gasteiger partial charge in [-0.25, -0.2) is 0 Å². The molecule has 0 heterocycles. The van der Waals surface area contributed by atoms with E-state index in [4.69, 9.17) is 11.6 Å². The molecule has 0 aliphatic carbocycles. The van der Waals surface area contributed by atoms with Gasteiger partial charge in [-0.1, -0.05) is 6.58 Å². The van der Waals surface area contributed by atoms with Gasteiger partial charge in [0.05, 0.1) is 23.7 Å². The highest BCUT2D eigenvalue weighted by Crippen LogP contribution is 1.73. The summed E-state index contributed by atoms with van der Waals surface area (Å²) in [4.78, 5) is 0. The molecule has 0 saturated heterocycles. The average Bonchev–Trinajstić information content (AvgIpc) is 1.90. The van der Waals surface area contributed by atoms with Crippen molar-refractivity contribution >= 4 is 23.7 Å². The third-order valence-corrected chi connectivity index (χ3v) is 1.28. The predicted molar refractivity (Wildman–Crippen MR) is 40.5 cm³/mol. The summed E-state index contributed by atoms with van der Waals surface area (Å²) in [6.07, 6.45) is 0. The van der Waals surface area contributed by atoms with Gasteiger partial charge in [0.1, 0.15) is 5.54 Å². The van der Waals surface area contributed by atoms with E-state index in [2.05, 4.69) is 12.1 Å². The summed E-state index contributed by atoms with van der Waals surface area (Å²) < 4.78 is 0. The van der Waals surface area contributed by atoms with Gasteiger partial charge in [-0.05, 0) is 5.22 Å². The summed E-state index contributed by atoms with van der Waals surface area (Å²) in [5.41, 5.74) is 2.50. The Morgan fingerprint density at radius 3 is 2.22 bits per heavy atom. The van der Waals surface area contributed by atoms with Crippen molar-refractivity contribution in [1.82, 2.24) is 0 Å². The fourth-order valence-corrected chi connectivity index (χ4v) is 0.694. The maximum Gasteiger partial charge on any atom is 0.201 e. The molecule has 0 saturated carbocycles. The van der Waals surface area contributed by atoms with Crippen molar-refractivity contribution in [3.63, 3.8) is 0 Å². The van der Waals surface area contributed by atoms with Crippen molar-refractivity contribution in [2.24, 2.45) is 0 Å². The van der Waals surface area contributed by atoms with Gasteiger partial charge in [0.25, 0.3) is 0 Å². The van der Waals surface area contributed by atoms with Crippen LogP contribution in [0.5, 0.6) is 0 Å². The molecule has 0 atom stereocenters. The Balaban J connectivity index is 3.34. The van der Waals surface area contributed by atoms with E-state index in [0.29, 0.717) is 0 Å². The Morgan fingerprint density at radius 1 is 1.22 bits per heavy atom. The highest BCUT2D eigenvalue weighted by atomic mass is 35.5. The summed E-state index contributed by atoms with van der Waals surface area (Å²) in [6.45, 7) is 3.73. The molecule has 1 heteroatoms. The summed E-state index contributed by atoms with van der Waals surface area (Å²) in [7, 11) is 0. The zero-order valence-electron chi connectivity index (χ0n) is 4.89. The largest absolute Gasteiger partial charge is 0.201 e. The van der Waals surface area contributed by atoms with E-state index in [0.717, 1.165) is 10.4 Å². The third kappa shape index (κ3) is 1.53. The lowest BCUT2D eigenvalue weighted by atomic mass is 10.3. The second kappa shape index (κ2) is 2.63. The first-order valence-electron chi connectivity index (χ1n) is 2.61. The molecule has 1 aromatic carbocycles. The number of hydrogen-bond acceptors (Lipinski definition) is 0. The summed E-state index contributed by atoms with van der Waals surface area (Å²) in [5, 5.41) is 1.88. The normalized spacial score (nSPS) is 8.56. The highest BCUT2D eigenvalue weighted by molar-refractivity contribution is 6.38. The fourth-order valence-electron chi connectivity index (χ4n) is 0.568. The van der Waals surface area contributed by atoms with E-state index >= 15 is 0 Å². The Hall–Kier alpha value is -0.840. The van der Waals surface area contributed by atoms with Crippen LogP contribution in [-0.2, 0) is 0 Å².